The molecular weight excluding hydrogens is 584 g/mol. The third-order valence-electron chi connectivity index (χ3n) is 8.02. The van der Waals surface area contributed by atoms with Crippen LogP contribution >= 0.6 is 11.6 Å². The Kier molecular flexibility index (Phi) is 7.78. The number of nitrogens with two attached hydrogens (primary N) is 1. The van der Waals surface area contributed by atoms with Gasteiger partial charge in [0.2, 0.25) is 5.82 Å². The third kappa shape index (κ3) is 6.04. The van der Waals surface area contributed by atoms with Crippen molar-refractivity contribution in [2.75, 3.05) is 24.1 Å². The predicted molar refractivity (Wildman–Crippen MR) is 176 cm³/mol. The van der Waals surface area contributed by atoms with Gasteiger partial charge >= 0.3 is 0 Å². The topological polar surface area (TPSA) is 134 Å². The van der Waals surface area contributed by atoms with E-state index in [1.54, 1.807) is 18.5 Å². The summed E-state index contributed by atoms with van der Waals surface area (Å²) in [5.41, 5.74) is 12.5. The minimum Gasteiger partial charge on any atom is -0.383 e. The summed E-state index contributed by atoms with van der Waals surface area (Å²) in [5, 5.41) is 13.2. The molecule has 1 aliphatic rings. The summed E-state index contributed by atoms with van der Waals surface area (Å²) in [4.78, 5) is 25.0. The van der Waals surface area contributed by atoms with Crippen molar-refractivity contribution in [3.05, 3.63) is 108 Å². The van der Waals surface area contributed by atoms with Gasteiger partial charge in [-0.05, 0) is 73.0 Å². The third-order valence-corrected chi connectivity index (χ3v) is 8.27. The molecule has 3 N–H and O–H groups in total. The summed E-state index contributed by atoms with van der Waals surface area (Å²) in [6.45, 7) is 2.78. The molecule has 4 aromatic heterocycles. The average Bonchev–Trinajstić information content (AvgIpc) is 3.45. The van der Waals surface area contributed by atoms with E-state index in [2.05, 4.69) is 49.4 Å². The highest BCUT2D eigenvalue weighted by Gasteiger charge is 2.21. The number of pyridine rings is 2. The van der Waals surface area contributed by atoms with Gasteiger partial charge in [-0.1, -0.05) is 35.9 Å². The molecule has 10 nitrogen and oxygen atoms in total. The molecule has 2 aromatic carbocycles. The maximum atomic E-state index is 9.07. The van der Waals surface area contributed by atoms with Crippen molar-refractivity contribution < 1.29 is 0 Å². The molecule has 11 heteroatoms. The van der Waals surface area contributed by atoms with E-state index in [-0.39, 0.29) is 5.82 Å². The van der Waals surface area contributed by atoms with Crippen LogP contribution in [0.15, 0.2) is 91.3 Å². The summed E-state index contributed by atoms with van der Waals surface area (Å²) >= 11 is 6.13. The summed E-state index contributed by atoms with van der Waals surface area (Å²) in [6.07, 6.45) is 5.27. The second-order valence-corrected chi connectivity index (χ2v) is 11.4. The number of fused-ring (bicyclic) bond motifs is 1. The first kappa shape index (κ1) is 28.4. The number of piperidine rings is 1. The molecule has 0 amide bonds. The molecule has 0 saturated carbocycles. The minimum absolute atomic E-state index is 0.179. The molecule has 0 radical (unpaired) electrons. The maximum absolute atomic E-state index is 9.07. The smallest absolute Gasteiger partial charge is 0.234 e. The number of likely N-dealkylation sites (tertiary alicyclic amines) is 1. The molecule has 222 valence electrons. The molecule has 0 atom stereocenters. The van der Waals surface area contributed by atoms with E-state index in [1.807, 2.05) is 59.2 Å². The summed E-state index contributed by atoms with van der Waals surface area (Å²) < 4.78 is 2.05. The molecule has 1 saturated heterocycles. The maximum Gasteiger partial charge on any atom is 0.234 e. The van der Waals surface area contributed by atoms with Crippen LogP contribution in [-0.2, 0) is 6.54 Å². The first-order chi connectivity index (χ1) is 22.0. The Hall–Kier alpha value is -5.37. The Balaban J connectivity index is 1.13. The van der Waals surface area contributed by atoms with Crippen molar-refractivity contribution in [3.63, 3.8) is 0 Å². The van der Waals surface area contributed by atoms with Gasteiger partial charge in [0.15, 0.2) is 11.5 Å². The summed E-state index contributed by atoms with van der Waals surface area (Å²) in [5.74, 6) is 1.97. The zero-order valence-corrected chi connectivity index (χ0v) is 25.1. The molecule has 0 unspecified atom stereocenters. The van der Waals surface area contributed by atoms with Gasteiger partial charge in [0.05, 0.1) is 11.3 Å². The fourth-order valence-electron chi connectivity index (χ4n) is 5.72. The lowest BCUT2D eigenvalue weighted by molar-refractivity contribution is 0.211. The molecule has 1 fully saturated rings. The van der Waals surface area contributed by atoms with Gasteiger partial charge in [0.25, 0.3) is 0 Å². The molecule has 5 heterocycles. The Morgan fingerprint density at radius 2 is 1.69 bits per heavy atom. The number of nitrogens with one attached hydrogen (secondary N) is 1. The van der Waals surface area contributed by atoms with Gasteiger partial charge in [-0.3, -0.25) is 9.47 Å². The normalized spacial score (nSPS) is 14.0. The van der Waals surface area contributed by atoms with Crippen LogP contribution in [0.25, 0.3) is 39.5 Å². The molecule has 0 bridgehead atoms. The van der Waals surface area contributed by atoms with Gasteiger partial charge in [-0.25, -0.2) is 24.9 Å². The van der Waals surface area contributed by atoms with Gasteiger partial charge in [0.1, 0.15) is 23.2 Å². The van der Waals surface area contributed by atoms with E-state index in [0.29, 0.717) is 28.5 Å². The number of imidazole rings is 1. The number of anilines is 2. The fourth-order valence-corrected chi connectivity index (χ4v) is 5.84. The second-order valence-electron chi connectivity index (χ2n) is 11.0. The standard InChI is InChI=1S/C34H29ClN10/c35-24-7-5-23(6-8-24)28-11-12-29-34(41-28)45(33(42-29)27-2-1-16-39-32(27)37)26-9-3-22(4-10-26)21-44-18-14-25(15-19-44)40-30-13-17-38-31(20-36)43-30/h1-13,16-17,25H,14-15,18-19,21H2,(H2,37,39)(H,38,40,43). The second kappa shape index (κ2) is 12.3. The van der Waals surface area contributed by atoms with E-state index < -0.39 is 0 Å². The van der Waals surface area contributed by atoms with Crippen LogP contribution in [0.3, 0.4) is 0 Å². The molecule has 1 aliphatic heterocycles. The molecule has 0 aliphatic carbocycles. The van der Waals surface area contributed by atoms with E-state index in [9.17, 15) is 0 Å². The number of aromatic nitrogens is 6. The van der Waals surface area contributed by atoms with Crippen LogP contribution in [0, 0.1) is 11.3 Å². The van der Waals surface area contributed by atoms with Crippen molar-refractivity contribution >= 4 is 34.4 Å². The van der Waals surface area contributed by atoms with Crippen LogP contribution in [0.1, 0.15) is 24.2 Å². The SMILES string of the molecule is N#Cc1nccc(NC2CCN(Cc3ccc(-n4c(-c5cccnc5N)nc5ccc(-c6ccc(Cl)cc6)nc54)cc3)CC2)n1. The quantitative estimate of drug-likeness (QED) is 0.218. The number of rotatable bonds is 7. The van der Waals surface area contributed by atoms with E-state index in [0.717, 1.165) is 66.1 Å². The van der Waals surface area contributed by atoms with Crippen LogP contribution in [0.4, 0.5) is 11.6 Å². The first-order valence-electron chi connectivity index (χ1n) is 14.7. The zero-order chi connectivity index (χ0) is 30.8. The minimum atomic E-state index is 0.179. The van der Waals surface area contributed by atoms with E-state index in [4.69, 9.17) is 32.6 Å². The Labute approximate surface area is 265 Å². The summed E-state index contributed by atoms with van der Waals surface area (Å²) in [6, 6.07) is 28.1. The highest BCUT2D eigenvalue weighted by Crippen LogP contribution is 2.32. The van der Waals surface area contributed by atoms with Gasteiger partial charge < -0.3 is 11.1 Å². The van der Waals surface area contributed by atoms with Crippen molar-refractivity contribution in [1.29, 1.82) is 5.26 Å². The van der Waals surface area contributed by atoms with Crippen LogP contribution in [-0.4, -0.2) is 53.5 Å². The average molecular weight is 613 g/mol. The zero-order valence-electron chi connectivity index (χ0n) is 24.3. The Bertz CT molecular complexity index is 2010. The number of hydrogen-bond acceptors (Lipinski definition) is 9. The van der Waals surface area contributed by atoms with Crippen LogP contribution in [0.5, 0.6) is 0 Å². The number of nitriles is 1. The van der Waals surface area contributed by atoms with Crippen molar-refractivity contribution in [2.24, 2.45) is 0 Å². The number of nitrogens with zero attached hydrogens (tertiary/aromatic N) is 8. The number of benzene rings is 2. The predicted octanol–water partition coefficient (Wildman–Crippen LogP) is 6.12. The monoisotopic (exact) mass is 612 g/mol. The van der Waals surface area contributed by atoms with E-state index in [1.165, 1.54) is 5.56 Å². The first-order valence-corrected chi connectivity index (χ1v) is 15.1. The van der Waals surface area contributed by atoms with Crippen molar-refractivity contribution in [3.8, 4) is 34.4 Å². The van der Waals surface area contributed by atoms with Crippen molar-refractivity contribution in [2.45, 2.75) is 25.4 Å². The Morgan fingerprint density at radius 1 is 0.889 bits per heavy atom. The lowest BCUT2D eigenvalue weighted by atomic mass is 10.0. The molecule has 6 aromatic rings. The largest absolute Gasteiger partial charge is 0.383 e. The highest BCUT2D eigenvalue weighted by molar-refractivity contribution is 6.30. The van der Waals surface area contributed by atoms with Gasteiger partial charge in [-0.15, -0.1) is 0 Å². The number of hydrogen-bond donors (Lipinski definition) is 2. The Morgan fingerprint density at radius 3 is 2.44 bits per heavy atom. The van der Waals surface area contributed by atoms with Crippen molar-refractivity contribution in [1.82, 2.24) is 34.4 Å². The van der Waals surface area contributed by atoms with Gasteiger partial charge in [0, 0.05) is 54.3 Å². The molecular formula is C34H29ClN10. The van der Waals surface area contributed by atoms with Crippen LogP contribution < -0.4 is 11.1 Å². The number of halogens is 1. The molecule has 7 rings (SSSR count). The fraction of sp³-hybridized carbons (Fsp3) is 0.176. The summed E-state index contributed by atoms with van der Waals surface area (Å²) in [7, 11) is 0. The number of nitrogen functional groups attached to an aromatic ring is 1. The lowest BCUT2D eigenvalue weighted by Gasteiger charge is -2.32. The molecule has 45 heavy (non-hydrogen) atoms. The van der Waals surface area contributed by atoms with E-state index >= 15 is 0 Å². The van der Waals surface area contributed by atoms with Crippen LogP contribution in [0.2, 0.25) is 5.02 Å². The molecule has 0 spiro atoms. The van der Waals surface area contributed by atoms with Gasteiger partial charge in [-0.2, -0.15) is 5.26 Å². The lowest BCUT2D eigenvalue weighted by Crippen LogP contribution is -2.38. The highest BCUT2D eigenvalue weighted by atomic mass is 35.5.